The summed E-state index contributed by atoms with van der Waals surface area (Å²) in [6, 6.07) is 0. The van der Waals surface area contributed by atoms with E-state index in [0.717, 1.165) is 19.6 Å². The third-order valence-corrected chi connectivity index (χ3v) is 5.19. The van der Waals surface area contributed by atoms with Gasteiger partial charge in [0.2, 0.25) is 0 Å². The fraction of sp³-hybridized carbons (Fsp3) is 0.632. The second-order valence-electron chi connectivity index (χ2n) is 7.78. The fourth-order valence-corrected chi connectivity index (χ4v) is 3.61. The first-order chi connectivity index (χ1) is 11.8. The molecule has 0 unspecified atom stereocenters. The van der Waals surface area contributed by atoms with Crippen molar-refractivity contribution in [3.8, 4) is 0 Å². The number of aliphatic hydroxyl groups excluding tert-OH is 1. The minimum absolute atomic E-state index is 0.0456. The van der Waals surface area contributed by atoms with Gasteiger partial charge in [0.25, 0.3) is 5.60 Å². The molecule has 144 valence electrons. The number of allylic oxidation sites excluding steroid dienone is 3. The van der Waals surface area contributed by atoms with Crippen LogP contribution in [0.15, 0.2) is 23.0 Å². The summed E-state index contributed by atoms with van der Waals surface area (Å²) < 4.78 is 10.5. The summed E-state index contributed by atoms with van der Waals surface area (Å²) in [6.45, 7) is 8.06. The fourth-order valence-electron chi connectivity index (χ4n) is 3.61. The van der Waals surface area contributed by atoms with Gasteiger partial charge in [0.15, 0.2) is 11.6 Å². The number of carbonyl (C=O) groups is 3. The van der Waals surface area contributed by atoms with Gasteiger partial charge in [-0.05, 0) is 47.5 Å². The van der Waals surface area contributed by atoms with E-state index >= 15 is 0 Å². The van der Waals surface area contributed by atoms with Gasteiger partial charge in [-0.1, -0.05) is 11.6 Å². The zero-order chi connectivity index (χ0) is 20.1. The molecule has 1 fully saturated rings. The molecule has 0 bridgehead atoms. The Labute approximate surface area is 152 Å². The summed E-state index contributed by atoms with van der Waals surface area (Å²) in [7, 11) is 1.03. The molecule has 1 saturated heterocycles. The highest BCUT2D eigenvalue weighted by Gasteiger charge is 2.70. The zero-order valence-electron chi connectivity index (χ0n) is 16.0. The zero-order valence-corrected chi connectivity index (χ0v) is 16.0. The highest BCUT2D eigenvalue weighted by Crippen LogP contribution is 2.56. The van der Waals surface area contributed by atoms with E-state index in [9.17, 15) is 24.6 Å². The number of ether oxygens (including phenoxy) is 2. The van der Waals surface area contributed by atoms with Gasteiger partial charge in [-0.15, -0.1) is 0 Å². The summed E-state index contributed by atoms with van der Waals surface area (Å²) >= 11 is 0. The number of Topliss-reactive ketones (excluding diaryl/α,β-unsaturated/α-hetero) is 2. The normalized spacial score (nSPS) is 32.6. The van der Waals surface area contributed by atoms with Crippen LogP contribution in [0.25, 0.3) is 0 Å². The van der Waals surface area contributed by atoms with Crippen LogP contribution in [-0.2, 0) is 23.9 Å². The van der Waals surface area contributed by atoms with E-state index in [1.165, 1.54) is 0 Å². The van der Waals surface area contributed by atoms with Crippen molar-refractivity contribution in [2.24, 2.45) is 5.41 Å². The number of fused-ring (bicyclic) bond motifs is 1. The molecule has 0 aromatic rings. The Morgan fingerprint density at radius 3 is 2.35 bits per heavy atom. The average molecular weight is 366 g/mol. The second-order valence-corrected chi connectivity index (χ2v) is 7.78. The largest absolute Gasteiger partial charge is 0.488 e. The number of methoxy groups -OCH3 is 1. The van der Waals surface area contributed by atoms with Crippen molar-refractivity contribution in [2.75, 3.05) is 7.11 Å². The third kappa shape index (κ3) is 2.70. The maximum Gasteiger partial charge on any atom is 0.350 e. The molecule has 1 aliphatic heterocycles. The van der Waals surface area contributed by atoms with Gasteiger partial charge in [0, 0.05) is 0 Å². The molecule has 0 saturated carbocycles. The predicted octanol–water partition coefficient (Wildman–Crippen LogP) is 1.22. The lowest BCUT2D eigenvalue weighted by atomic mass is 9.70. The van der Waals surface area contributed by atoms with Crippen LogP contribution in [0.3, 0.4) is 0 Å². The Balaban J connectivity index is 2.82. The lowest BCUT2D eigenvalue weighted by Gasteiger charge is -2.45. The summed E-state index contributed by atoms with van der Waals surface area (Å²) in [4.78, 5) is 37.9. The molecule has 0 amide bonds. The molecule has 0 radical (unpaired) electrons. The van der Waals surface area contributed by atoms with Gasteiger partial charge in [-0.3, -0.25) is 9.59 Å². The molecule has 2 rings (SSSR count). The van der Waals surface area contributed by atoms with Crippen LogP contribution in [0.2, 0.25) is 0 Å². The smallest absolute Gasteiger partial charge is 0.350 e. The first-order valence-corrected chi connectivity index (χ1v) is 8.47. The van der Waals surface area contributed by atoms with E-state index in [2.05, 4.69) is 4.74 Å². The highest BCUT2D eigenvalue weighted by molar-refractivity contribution is 6.23. The first-order valence-electron chi connectivity index (χ1n) is 8.47. The number of aliphatic hydroxyl groups is 2. The Bertz CT molecular complexity index is 726. The minimum Gasteiger partial charge on any atom is -0.488 e. The lowest BCUT2D eigenvalue weighted by molar-refractivity contribution is -0.171. The standard InChI is InChI=1S/C19H26O7/c1-10(2)7-8-18-9-12(21)17(4,5)26-14(18)13(11(3)20)19(24,15(18)22)16(23)25-6/h7,12,21,24H,8-9H2,1-6H3/t12-,18+,19+/m0/s1. The molecule has 2 aliphatic rings. The van der Waals surface area contributed by atoms with Crippen LogP contribution in [0, 0.1) is 5.41 Å². The Hall–Kier alpha value is -1.99. The highest BCUT2D eigenvalue weighted by atomic mass is 16.5. The van der Waals surface area contributed by atoms with Crippen molar-refractivity contribution in [1.82, 2.24) is 0 Å². The van der Waals surface area contributed by atoms with E-state index in [1.54, 1.807) is 19.9 Å². The predicted molar refractivity (Wildman–Crippen MR) is 91.9 cm³/mol. The maximum absolute atomic E-state index is 13.3. The number of carbonyl (C=O) groups excluding carboxylic acids is 3. The number of esters is 1. The van der Waals surface area contributed by atoms with Crippen molar-refractivity contribution in [3.63, 3.8) is 0 Å². The summed E-state index contributed by atoms with van der Waals surface area (Å²) in [5.41, 5.74) is -4.84. The number of ketones is 2. The van der Waals surface area contributed by atoms with E-state index in [1.807, 2.05) is 13.8 Å². The Morgan fingerprint density at radius 1 is 1.31 bits per heavy atom. The monoisotopic (exact) mass is 366 g/mol. The Morgan fingerprint density at radius 2 is 1.88 bits per heavy atom. The van der Waals surface area contributed by atoms with Crippen LogP contribution >= 0.6 is 0 Å². The van der Waals surface area contributed by atoms with Gasteiger partial charge in [0.1, 0.15) is 11.4 Å². The summed E-state index contributed by atoms with van der Waals surface area (Å²) in [6.07, 6.45) is 0.738. The lowest BCUT2D eigenvalue weighted by Crippen LogP contribution is -2.55. The van der Waals surface area contributed by atoms with Crippen LogP contribution in [-0.4, -0.2) is 52.2 Å². The van der Waals surface area contributed by atoms with Crippen molar-refractivity contribution in [1.29, 1.82) is 0 Å². The van der Waals surface area contributed by atoms with Crippen LogP contribution in [0.1, 0.15) is 47.5 Å². The average Bonchev–Trinajstić information content (AvgIpc) is 2.71. The number of hydrogen-bond acceptors (Lipinski definition) is 7. The van der Waals surface area contributed by atoms with Crippen molar-refractivity contribution < 1.29 is 34.1 Å². The molecular formula is C19H26O7. The molecule has 0 aromatic carbocycles. The van der Waals surface area contributed by atoms with Gasteiger partial charge >= 0.3 is 5.97 Å². The summed E-state index contributed by atoms with van der Waals surface area (Å²) in [5.74, 6) is -2.84. The summed E-state index contributed by atoms with van der Waals surface area (Å²) in [5, 5.41) is 21.5. The number of hydrogen-bond donors (Lipinski definition) is 2. The molecule has 3 atom stereocenters. The molecular weight excluding hydrogens is 340 g/mol. The van der Waals surface area contributed by atoms with Gasteiger partial charge in [0.05, 0.1) is 24.2 Å². The van der Waals surface area contributed by atoms with E-state index < -0.39 is 45.8 Å². The van der Waals surface area contributed by atoms with Crippen LogP contribution < -0.4 is 0 Å². The SMILES string of the molecule is COC(=O)[C@]1(O)C(=O)[C@]2(CC=C(C)C)C[C@H](O)C(C)(C)OC2=C1C(C)=O. The van der Waals surface area contributed by atoms with E-state index in [-0.39, 0.29) is 18.6 Å². The topological polar surface area (TPSA) is 110 Å². The molecule has 1 heterocycles. The minimum atomic E-state index is -2.74. The third-order valence-electron chi connectivity index (χ3n) is 5.19. The Kier molecular flexibility index (Phi) is 4.94. The van der Waals surface area contributed by atoms with Crippen LogP contribution in [0.5, 0.6) is 0 Å². The van der Waals surface area contributed by atoms with Gasteiger partial charge < -0.3 is 19.7 Å². The van der Waals surface area contributed by atoms with Crippen molar-refractivity contribution in [3.05, 3.63) is 23.0 Å². The molecule has 26 heavy (non-hydrogen) atoms. The van der Waals surface area contributed by atoms with E-state index in [0.29, 0.717) is 0 Å². The molecule has 0 spiro atoms. The first kappa shape index (κ1) is 20.3. The van der Waals surface area contributed by atoms with Crippen molar-refractivity contribution >= 4 is 17.5 Å². The second kappa shape index (κ2) is 6.32. The molecule has 2 N–H and O–H groups in total. The molecule has 7 heteroatoms. The number of rotatable bonds is 4. The maximum atomic E-state index is 13.3. The molecule has 0 aromatic heterocycles. The van der Waals surface area contributed by atoms with Gasteiger partial charge in [-0.2, -0.15) is 0 Å². The van der Waals surface area contributed by atoms with Crippen molar-refractivity contribution in [2.45, 2.75) is 64.8 Å². The van der Waals surface area contributed by atoms with E-state index in [4.69, 9.17) is 4.74 Å². The molecule has 1 aliphatic carbocycles. The molecule has 7 nitrogen and oxygen atoms in total. The van der Waals surface area contributed by atoms with Crippen LogP contribution in [0.4, 0.5) is 0 Å². The quantitative estimate of drug-likeness (QED) is 0.437. The van der Waals surface area contributed by atoms with Gasteiger partial charge in [-0.25, -0.2) is 4.79 Å².